The molecular formula is C22H28N4O7S. The minimum absolute atomic E-state index is 0.0641. The van der Waals surface area contributed by atoms with Crippen molar-refractivity contribution in [1.82, 2.24) is 4.90 Å². The minimum atomic E-state index is -3.51. The van der Waals surface area contributed by atoms with Gasteiger partial charge in [0.2, 0.25) is 15.9 Å². The average Bonchev–Trinajstić information content (AvgIpc) is 2.69. The Morgan fingerprint density at radius 2 is 1.88 bits per heavy atom. The van der Waals surface area contributed by atoms with Crippen LogP contribution in [-0.4, -0.2) is 57.5 Å². The van der Waals surface area contributed by atoms with Crippen LogP contribution >= 0.6 is 0 Å². The molecule has 0 fully saturated rings. The van der Waals surface area contributed by atoms with Gasteiger partial charge in [0.1, 0.15) is 11.5 Å². The zero-order valence-corrected chi connectivity index (χ0v) is 20.4. The highest BCUT2D eigenvalue weighted by molar-refractivity contribution is 7.92. The first kappa shape index (κ1) is 25.0. The summed E-state index contributed by atoms with van der Waals surface area (Å²) < 4.78 is 36.7. The summed E-state index contributed by atoms with van der Waals surface area (Å²) in [5.41, 5.74) is 0.357. The molecule has 0 bridgehead atoms. The number of aromatic hydroxyl groups is 1. The molecule has 0 spiro atoms. The van der Waals surface area contributed by atoms with Crippen molar-refractivity contribution >= 4 is 39.1 Å². The molecule has 0 saturated heterocycles. The predicted octanol–water partition coefficient (Wildman–Crippen LogP) is 2.89. The van der Waals surface area contributed by atoms with Crippen LogP contribution in [0.4, 0.5) is 21.9 Å². The molecule has 1 aliphatic rings. The minimum Gasteiger partial charge on any atom is -0.505 e. The van der Waals surface area contributed by atoms with E-state index in [-0.39, 0.29) is 53.4 Å². The van der Waals surface area contributed by atoms with Gasteiger partial charge in [-0.15, -0.1) is 0 Å². The predicted molar refractivity (Wildman–Crippen MR) is 128 cm³/mol. The fraction of sp³-hybridized carbons (Fsp3) is 0.364. The van der Waals surface area contributed by atoms with Gasteiger partial charge in [-0.2, -0.15) is 0 Å². The number of fused-ring (bicyclic) bond motifs is 1. The van der Waals surface area contributed by atoms with Gasteiger partial charge in [-0.05, 0) is 12.1 Å². The summed E-state index contributed by atoms with van der Waals surface area (Å²) in [6, 6.07) is 7.87. The maximum Gasteiger partial charge on any atom is 0.414 e. The third-order valence-electron chi connectivity index (χ3n) is 5.04. The van der Waals surface area contributed by atoms with Gasteiger partial charge in [-0.25, -0.2) is 13.2 Å². The summed E-state index contributed by atoms with van der Waals surface area (Å²) >= 11 is 0. The molecule has 2 amide bonds. The molecule has 0 atom stereocenters. The van der Waals surface area contributed by atoms with Crippen LogP contribution in [0, 0.1) is 0 Å². The summed E-state index contributed by atoms with van der Waals surface area (Å²) in [4.78, 5) is 25.7. The lowest BCUT2D eigenvalue weighted by Gasteiger charge is -2.34. The smallest absolute Gasteiger partial charge is 0.414 e. The number of hydrogen-bond acceptors (Lipinski definition) is 8. The highest BCUT2D eigenvalue weighted by Crippen LogP contribution is 2.50. The first-order valence-electron chi connectivity index (χ1n) is 10.3. The van der Waals surface area contributed by atoms with E-state index < -0.39 is 21.5 Å². The highest BCUT2D eigenvalue weighted by atomic mass is 32.2. The second kappa shape index (κ2) is 9.29. The van der Waals surface area contributed by atoms with Gasteiger partial charge < -0.3 is 30.1 Å². The standard InChI is InChI=1S/C22H28N4O7S/c1-22(2)11-17(27)24-19-16(33-21(29)26(3)4)10-14(20(28)18(19)22)23-12-32-15-9-7-6-8-13(15)25-34(5,30)31/h6-10,23,25,28H,11-12H2,1-5H3,(H,24,27). The Hall–Kier alpha value is -3.67. The fourth-order valence-corrected chi connectivity index (χ4v) is 4.14. The Labute approximate surface area is 198 Å². The number of anilines is 3. The van der Waals surface area contributed by atoms with E-state index in [4.69, 9.17) is 9.47 Å². The molecule has 0 saturated carbocycles. The SMILES string of the molecule is CN(C)C(=O)Oc1cc(NCOc2ccccc2NS(C)(=O)=O)c(O)c2c1NC(=O)CC2(C)C. The Kier molecular flexibility index (Phi) is 6.82. The van der Waals surface area contributed by atoms with Crippen LogP contribution in [-0.2, 0) is 20.2 Å². The first-order valence-corrected chi connectivity index (χ1v) is 12.2. The number of benzene rings is 2. The van der Waals surface area contributed by atoms with E-state index in [9.17, 15) is 23.1 Å². The average molecular weight is 493 g/mol. The molecule has 0 radical (unpaired) electrons. The molecular weight excluding hydrogens is 464 g/mol. The van der Waals surface area contributed by atoms with Crippen molar-refractivity contribution in [3.8, 4) is 17.2 Å². The summed E-state index contributed by atoms with van der Waals surface area (Å²) in [6.45, 7) is 3.45. The Morgan fingerprint density at radius 1 is 1.21 bits per heavy atom. The lowest BCUT2D eigenvalue weighted by Crippen LogP contribution is -2.34. The summed E-state index contributed by atoms with van der Waals surface area (Å²) in [6.07, 6.45) is 0.497. The Morgan fingerprint density at radius 3 is 2.53 bits per heavy atom. The van der Waals surface area contributed by atoms with E-state index in [1.807, 2.05) is 0 Å². The van der Waals surface area contributed by atoms with Crippen LogP contribution in [0.2, 0.25) is 0 Å². The van der Waals surface area contributed by atoms with Gasteiger partial charge in [0.05, 0.1) is 23.3 Å². The van der Waals surface area contributed by atoms with Crippen LogP contribution in [0.1, 0.15) is 25.8 Å². The number of nitrogens with zero attached hydrogens (tertiary/aromatic N) is 1. The maximum absolute atomic E-state index is 12.2. The highest BCUT2D eigenvalue weighted by Gasteiger charge is 2.38. The number of carbonyl (C=O) groups excluding carboxylic acids is 2. The van der Waals surface area contributed by atoms with Crippen LogP contribution in [0.5, 0.6) is 17.2 Å². The van der Waals surface area contributed by atoms with E-state index in [0.717, 1.165) is 6.26 Å². The van der Waals surface area contributed by atoms with Crippen LogP contribution in [0.15, 0.2) is 30.3 Å². The van der Waals surface area contributed by atoms with E-state index in [1.165, 1.54) is 25.1 Å². The normalized spacial score (nSPS) is 14.4. The van der Waals surface area contributed by atoms with E-state index in [1.54, 1.807) is 38.1 Å². The second-order valence-electron chi connectivity index (χ2n) is 8.73. The van der Waals surface area contributed by atoms with Crippen molar-refractivity contribution in [2.45, 2.75) is 25.7 Å². The van der Waals surface area contributed by atoms with Gasteiger partial charge in [0, 0.05) is 37.6 Å². The van der Waals surface area contributed by atoms with Crippen molar-refractivity contribution in [3.63, 3.8) is 0 Å². The zero-order chi connectivity index (χ0) is 25.3. The second-order valence-corrected chi connectivity index (χ2v) is 10.5. The number of phenols is 1. The van der Waals surface area contributed by atoms with Crippen LogP contribution in [0.3, 0.4) is 0 Å². The van der Waals surface area contributed by atoms with E-state index in [2.05, 4.69) is 15.4 Å². The molecule has 184 valence electrons. The van der Waals surface area contributed by atoms with E-state index in [0.29, 0.717) is 5.56 Å². The van der Waals surface area contributed by atoms with Crippen molar-refractivity contribution in [2.24, 2.45) is 0 Å². The fourth-order valence-electron chi connectivity index (χ4n) is 3.57. The van der Waals surface area contributed by atoms with Gasteiger partial charge in [-0.1, -0.05) is 26.0 Å². The summed E-state index contributed by atoms with van der Waals surface area (Å²) in [5, 5.41) is 16.6. The quantitative estimate of drug-likeness (QED) is 0.341. The molecule has 0 aromatic heterocycles. The molecule has 12 heteroatoms. The molecule has 0 aliphatic carbocycles. The zero-order valence-electron chi connectivity index (χ0n) is 19.6. The van der Waals surface area contributed by atoms with Crippen molar-refractivity contribution in [1.29, 1.82) is 0 Å². The van der Waals surface area contributed by atoms with Gasteiger partial charge in [0.25, 0.3) is 0 Å². The number of phenolic OH excluding ortho intramolecular Hbond substituents is 1. The number of hydrogen-bond donors (Lipinski definition) is 4. The van der Waals surface area contributed by atoms with Gasteiger partial charge in [0.15, 0.2) is 12.5 Å². The number of para-hydroxylation sites is 2. The van der Waals surface area contributed by atoms with Gasteiger partial charge in [-0.3, -0.25) is 9.52 Å². The van der Waals surface area contributed by atoms with Crippen LogP contribution < -0.4 is 24.8 Å². The molecule has 0 unspecified atom stereocenters. The molecule has 1 heterocycles. The number of carbonyl (C=O) groups is 2. The summed E-state index contributed by atoms with van der Waals surface area (Å²) in [7, 11) is -0.472. The van der Waals surface area contributed by atoms with Crippen molar-refractivity contribution in [3.05, 3.63) is 35.9 Å². The summed E-state index contributed by atoms with van der Waals surface area (Å²) in [5.74, 6) is -0.0622. The third-order valence-corrected chi connectivity index (χ3v) is 5.63. The monoisotopic (exact) mass is 492 g/mol. The van der Waals surface area contributed by atoms with Crippen molar-refractivity contribution < 1.29 is 32.6 Å². The number of ether oxygens (including phenoxy) is 2. The molecule has 11 nitrogen and oxygen atoms in total. The topological polar surface area (TPSA) is 146 Å². The number of amides is 2. The lowest BCUT2D eigenvalue weighted by molar-refractivity contribution is -0.117. The first-order chi connectivity index (χ1) is 15.8. The van der Waals surface area contributed by atoms with E-state index >= 15 is 0 Å². The number of sulfonamides is 1. The molecule has 1 aliphatic heterocycles. The third kappa shape index (κ3) is 5.63. The molecule has 2 aromatic rings. The molecule has 4 N–H and O–H groups in total. The maximum atomic E-state index is 12.2. The number of rotatable bonds is 7. The Balaban J connectivity index is 1.92. The van der Waals surface area contributed by atoms with Gasteiger partial charge >= 0.3 is 6.09 Å². The van der Waals surface area contributed by atoms with Crippen LogP contribution in [0.25, 0.3) is 0 Å². The largest absolute Gasteiger partial charge is 0.505 e. The molecule has 2 aromatic carbocycles. The molecule has 3 rings (SSSR count). The Bertz CT molecular complexity index is 1230. The van der Waals surface area contributed by atoms with Crippen molar-refractivity contribution in [2.75, 3.05) is 42.4 Å². The molecule has 34 heavy (non-hydrogen) atoms. The number of nitrogens with one attached hydrogen (secondary N) is 3. The lowest BCUT2D eigenvalue weighted by atomic mass is 9.77.